The number of halogens is 4. The summed E-state index contributed by atoms with van der Waals surface area (Å²) < 4.78 is 37.5. The molecule has 1 N–H and O–H groups in total. The first-order valence-corrected chi connectivity index (χ1v) is 6.12. The van der Waals surface area contributed by atoms with Crippen LogP contribution in [-0.2, 0) is 6.18 Å². The van der Waals surface area contributed by atoms with E-state index in [4.69, 9.17) is 11.6 Å². The Hall–Kier alpha value is -1.04. The molecule has 0 saturated heterocycles. The molecule has 0 radical (unpaired) electrons. The van der Waals surface area contributed by atoms with Gasteiger partial charge < -0.3 is 5.32 Å². The highest BCUT2D eigenvalue weighted by Gasteiger charge is 2.35. The highest BCUT2D eigenvalue weighted by Crippen LogP contribution is 2.32. The van der Waals surface area contributed by atoms with Crippen LogP contribution >= 0.6 is 11.6 Å². The Morgan fingerprint density at radius 3 is 2.56 bits per heavy atom. The molecule has 1 aliphatic rings. The van der Waals surface area contributed by atoms with Crippen LogP contribution in [0.5, 0.6) is 0 Å². The molecule has 1 fully saturated rings. The largest absolute Gasteiger partial charge is 0.451 e. The minimum Gasteiger partial charge on any atom is -0.367 e. The second-order valence-electron chi connectivity index (χ2n) is 4.52. The minimum absolute atomic E-state index is 0.0887. The molecule has 1 heterocycles. The molecule has 1 atom stereocenters. The van der Waals surface area contributed by atoms with Crippen LogP contribution in [0.2, 0.25) is 5.15 Å². The molecular weight excluding hydrogens is 267 g/mol. The maximum absolute atomic E-state index is 12.5. The fraction of sp³-hybridized carbons (Fsp3) is 0.636. The smallest absolute Gasteiger partial charge is 0.367 e. The standard InChI is InChI=1S/C11H13ClF3N3/c1-6(7-3-2-4-7)16-9-5-8(12)17-10(18-9)11(13,14)15/h5-7H,2-4H2,1H3,(H,16,17,18). The molecule has 0 bridgehead atoms. The van der Waals surface area contributed by atoms with Crippen molar-refractivity contribution in [2.24, 2.45) is 5.92 Å². The third-order valence-corrected chi connectivity index (χ3v) is 3.37. The monoisotopic (exact) mass is 279 g/mol. The molecule has 0 amide bonds. The Balaban J connectivity index is 2.14. The van der Waals surface area contributed by atoms with Gasteiger partial charge in [-0.2, -0.15) is 13.2 Å². The molecule has 7 heteroatoms. The predicted molar refractivity (Wildman–Crippen MR) is 62.5 cm³/mol. The van der Waals surface area contributed by atoms with Crippen LogP contribution in [0.3, 0.4) is 0 Å². The fourth-order valence-corrected chi connectivity index (χ4v) is 2.09. The van der Waals surface area contributed by atoms with Gasteiger partial charge in [0.1, 0.15) is 11.0 Å². The molecule has 1 saturated carbocycles. The quantitative estimate of drug-likeness (QED) is 0.856. The first-order chi connectivity index (χ1) is 8.36. The number of anilines is 1. The Morgan fingerprint density at radius 1 is 1.39 bits per heavy atom. The van der Waals surface area contributed by atoms with Crippen LogP contribution in [0.4, 0.5) is 19.0 Å². The zero-order valence-corrected chi connectivity index (χ0v) is 10.5. The van der Waals surface area contributed by atoms with E-state index in [-0.39, 0.29) is 17.0 Å². The molecule has 100 valence electrons. The summed E-state index contributed by atoms with van der Waals surface area (Å²) in [7, 11) is 0. The van der Waals surface area contributed by atoms with Crippen molar-refractivity contribution < 1.29 is 13.2 Å². The topological polar surface area (TPSA) is 37.8 Å². The molecule has 2 rings (SSSR count). The molecule has 1 aromatic heterocycles. The van der Waals surface area contributed by atoms with E-state index in [0.29, 0.717) is 5.92 Å². The summed E-state index contributed by atoms with van der Waals surface area (Å²) in [5, 5.41) is 2.75. The minimum atomic E-state index is -4.58. The summed E-state index contributed by atoms with van der Waals surface area (Å²) in [6.07, 6.45) is -1.21. The van der Waals surface area contributed by atoms with Gasteiger partial charge in [-0.15, -0.1) is 0 Å². The molecule has 18 heavy (non-hydrogen) atoms. The zero-order valence-electron chi connectivity index (χ0n) is 9.76. The van der Waals surface area contributed by atoms with Crippen LogP contribution in [0.1, 0.15) is 32.0 Å². The Bertz CT molecular complexity index is 432. The number of nitrogens with one attached hydrogen (secondary N) is 1. The van der Waals surface area contributed by atoms with Crippen molar-refractivity contribution in [3.05, 3.63) is 17.0 Å². The lowest BCUT2D eigenvalue weighted by atomic mass is 9.80. The van der Waals surface area contributed by atoms with Crippen LogP contribution in [0.15, 0.2) is 6.07 Å². The number of alkyl halides is 3. The number of aromatic nitrogens is 2. The Morgan fingerprint density at radius 2 is 2.06 bits per heavy atom. The normalized spacial score (nSPS) is 18.3. The molecular formula is C11H13ClF3N3. The van der Waals surface area contributed by atoms with Crippen molar-refractivity contribution in [3.8, 4) is 0 Å². The van der Waals surface area contributed by atoms with Crippen LogP contribution < -0.4 is 5.32 Å². The van der Waals surface area contributed by atoms with Crippen LogP contribution in [0.25, 0.3) is 0 Å². The number of nitrogens with zero attached hydrogens (tertiary/aromatic N) is 2. The molecule has 1 unspecified atom stereocenters. The highest BCUT2D eigenvalue weighted by atomic mass is 35.5. The zero-order chi connectivity index (χ0) is 13.3. The summed E-state index contributed by atoms with van der Waals surface area (Å²) >= 11 is 5.58. The van der Waals surface area contributed by atoms with Gasteiger partial charge in [-0.3, -0.25) is 0 Å². The van der Waals surface area contributed by atoms with Crippen molar-refractivity contribution in [1.29, 1.82) is 0 Å². The first kappa shape index (κ1) is 13.4. The highest BCUT2D eigenvalue weighted by molar-refractivity contribution is 6.29. The molecule has 3 nitrogen and oxygen atoms in total. The van der Waals surface area contributed by atoms with Gasteiger partial charge in [0.2, 0.25) is 5.82 Å². The number of rotatable bonds is 3. The van der Waals surface area contributed by atoms with E-state index in [1.807, 2.05) is 6.92 Å². The van der Waals surface area contributed by atoms with Gasteiger partial charge in [0.15, 0.2) is 0 Å². The van der Waals surface area contributed by atoms with Crippen molar-refractivity contribution in [1.82, 2.24) is 9.97 Å². The lowest BCUT2D eigenvalue weighted by Crippen LogP contribution is -2.31. The third-order valence-electron chi connectivity index (χ3n) is 3.18. The Kier molecular flexibility index (Phi) is 3.66. The van der Waals surface area contributed by atoms with Crippen LogP contribution in [0, 0.1) is 5.92 Å². The van der Waals surface area contributed by atoms with Crippen molar-refractivity contribution in [3.63, 3.8) is 0 Å². The van der Waals surface area contributed by atoms with Crippen molar-refractivity contribution >= 4 is 17.4 Å². The van der Waals surface area contributed by atoms with E-state index in [1.165, 1.54) is 12.5 Å². The van der Waals surface area contributed by atoms with Gasteiger partial charge >= 0.3 is 6.18 Å². The maximum atomic E-state index is 12.5. The summed E-state index contributed by atoms with van der Waals surface area (Å²) in [5.41, 5.74) is 0. The molecule has 0 spiro atoms. The second kappa shape index (κ2) is 4.91. The summed E-state index contributed by atoms with van der Waals surface area (Å²) in [6.45, 7) is 1.94. The lowest BCUT2D eigenvalue weighted by molar-refractivity contribution is -0.144. The average molecular weight is 280 g/mol. The van der Waals surface area contributed by atoms with Crippen molar-refractivity contribution in [2.45, 2.75) is 38.4 Å². The SMILES string of the molecule is CC(Nc1cc(Cl)nc(C(F)(F)F)n1)C1CCC1. The van der Waals surface area contributed by atoms with E-state index in [0.717, 1.165) is 12.8 Å². The maximum Gasteiger partial charge on any atom is 0.451 e. The van der Waals surface area contributed by atoms with E-state index < -0.39 is 12.0 Å². The average Bonchev–Trinajstić information content (AvgIpc) is 2.11. The number of hydrogen-bond donors (Lipinski definition) is 1. The predicted octanol–water partition coefficient (Wildman–Crippen LogP) is 3.75. The molecule has 1 aliphatic carbocycles. The summed E-state index contributed by atoms with van der Waals surface area (Å²) in [6, 6.07) is 1.40. The molecule has 0 aliphatic heterocycles. The van der Waals surface area contributed by atoms with Gasteiger partial charge in [-0.25, -0.2) is 9.97 Å². The first-order valence-electron chi connectivity index (χ1n) is 5.74. The number of hydrogen-bond acceptors (Lipinski definition) is 3. The second-order valence-corrected chi connectivity index (χ2v) is 4.91. The van der Waals surface area contributed by atoms with Gasteiger partial charge in [0.05, 0.1) is 0 Å². The van der Waals surface area contributed by atoms with E-state index in [2.05, 4.69) is 15.3 Å². The van der Waals surface area contributed by atoms with Gasteiger partial charge in [0, 0.05) is 12.1 Å². The van der Waals surface area contributed by atoms with Gasteiger partial charge in [-0.05, 0) is 25.7 Å². The third kappa shape index (κ3) is 3.04. The Labute approximate surface area is 108 Å². The molecule has 0 aromatic carbocycles. The van der Waals surface area contributed by atoms with E-state index >= 15 is 0 Å². The molecule has 1 aromatic rings. The van der Waals surface area contributed by atoms with Crippen LogP contribution in [-0.4, -0.2) is 16.0 Å². The van der Waals surface area contributed by atoms with Crippen molar-refractivity contribution in [2.75, 3.05) is 5.32 Å². The van der Waals surface area contributed by atoms with Gasteiger partial charge in [-0.1, -0.05) is 18.0 Å². The van der Waals surface area contributed by atoms with E-state index in [1.54, 1.807) is 0 Å². The van der Waals surface area contributed by atoms with Gasteiger partial charge in [0.25, 0.3) is 0 Å². The lowest BCUT2D eigenvalue weighted by Gasteiger charge is -2.32. The summed E-state index contributed by atoms with van der Waals surface area (Å²) in [4.78, 5) is 6.63. The summed E-state index contributed by atoms with van der Waals surface area (Å²) in [5.74, 6) is -0.590. The van der Waals surface area contributed by atoms with E-state index in [9.17, 15) is 13.2 Å². The fourth-order valence-electron chi connectivity index (χ4n) is 1.91.